The lowest BCUT2D eigenvalue weighted by molar-refractivity contribution is 0.221. The summed E-state index contributed by atoms with van der Waals surface area (Å²) in [5.41, 5.74) is 2.63. The van der Waals surface area contributed by atoms with Gasteiger partial charge in [0.1, 0.15) is 5.67 Å². The van der Waals surface area contributed by atoms with E-state index in [-0.39, 0.29) is 4.90 Å². The minimum absolute atomic E-state index is 0.287. The van der Waals surface area contributed by atoms with Gasteiger partial charge in [-0.05, 0) is 42.2 Å². The first kappa shape index (κ1) is 17.4. The summed E-state index contributed by atoms with van der Waals surface area (Å²) >= 11 is 0. The Labute approximate surface area is 147 Å². The van der Waals surface area contributed by atoms with Crippen LogP contribution in [0, 0.1) is 0 Å². The van der Waals surface area contributed by atoms with Crippen molar-refractivity contribution in [3.05, 3.63) is 66.4 Å². The zero-order valence-electron chi connectivity index (χ0n) is 14.4. The minimum atomic E-state index is -3.29. The summed E-state index contributed by atoms with van der Waals surface area (Å²) in [6.45, 7) is 3.07. The number of benzene rings is 2. The molecule has 0 bridgehead atoms. The van der Waals surface area contributed by atoms with Crippen molar-refractivity contribution in [2.24, 2.45) is 0 Å². The van der Waals surface area contributed by atoms with Gasteiger partial charge in [-0.25, -0.2) is 12.8 Å². The molecule has 3 rings (SSSR count). The van der Waals surface area contributed by atoms with Gasteiger partial charge in [0.05, 0.1) is 10.6 Å². The molecule has 0 saturated carbocycles. The standard InChI is InChI=1S/C20H20FNO2S/c1-20(2,21)17-10-8-15(9-11-17)14-4-6-16(7-5-14)19-18(12-13-22-19)25(3,23)24/h4-13,22H,1-3H3. The highest BCUT2D eigenvalue weighted by Crippen LogP contribution is 2.30. The molecule has 0 amide bonds. The van der Waals surface area contributed by atoms with Gasteiger partial charge in [0, 0.05) is 12.5 Å². The molecule has 25 heavy (non-hydrogen) atoms. The summed E-state index contributed by atoms with van der Waals surface area (Å²) in [5.74, 6) is 0. The number of sulfone groups is 1. The third-order valence-corrected chi connectivity index (χ3v) is 5.33. The Morgan fingerprint density at radius 3 is 1.80 bits per heavy atom. The number of aromatic nitrogens is 1. The van der Waals surface area contributed by atoms with Crippen LogP contribution < -0.4 is 0 Å². The molecule has 130 valence electrons. The van der Waals surface area contributed by atoms with Gasteiger partial charge in [-0.2, -0.15) is 0 Å². The maximum atomic E-state index is 13.9. The summed E-state index contributed by atoms with van der Waals surface area (Å²) in [6, 6.07) is 16.5. The van der Waals surface area contributed by atoms with Crippen LogP contribution in [0.1, 0.15) is 19.4 Å². The molecule has 1 aromatic heterocycles. The van der Waals surface area contributed by atoms with Crippen molar-refractivity contribution in [2.75, 3.05) is 6.26 Å². The zero-order chi connectivity index (χ0) is 18.2. The maximum absolute atomic E-state index is 13.9. The minimum Gasteiger partial charge on any atom is -0.360 e. The van der Waals surface area contributed by atoms with Gasteiger partial charge in [-0.15, -0.1) is 0 Å². The predicted molar refractivity (Wildman–Crippen MR) is 98.9 cm³/mol. The van der Waals surface area contributed by atoms with Gasteiger partial charge in [-0.3, -0.25) is 0 Å². The Bertz CT molecular complexity index is 979. The first-order valence-electron chi connectivity index (χ1n) is 7.94. The van der Waals surface area contributed by atoms with E-state index in [2.05, 4.69) is 4.98 Å². The van der Waals surface area contributed by atoms with E-state index >= 15 is 0 Å². The Balaban J connectivity index is 1.92. The molecule has 3 nitrogen and oxygen atoms in total. The number of hydrogen-bond acceptors (Lipinski definition) is 2. The van der Waals surface area contributed by atoms with E-state index in [1.807, 2.05) is 36.4 Å². The van der Waals surface area contributed by atoms with Crippen LogP contribution in [0.2, 0.25) is 0 Å². The molecular weight excluding hydrogens is 337 g/mol. The Kier molecular flexibility index (Phi) is 4.29. The topological polar surface area (TPSA) is 49.9 Å². The number of rotatable bonds is 4. The lowest BCUT2D eigenvalue weighted by Crippen LogP contribution is -2.08. The van der Waals surface area contributed by atoms with Crippen LogP contribution in [0.5, 0.6) is 0 Å². The molecule has 0 aliphatic rings. The van der Waals surface area contributed by atoms with Crippen molar-refractivity contribution in [3.8, 4) is 22.4 Å². The van der Waals surface area contributed by atoms with E-state index in [9.17, 15) is 12.8 Å². The van der Waals surface area contributed by atoms with E-state index in [0.717, 1.165) is 16.7 Å². The van der Waals surface area contributed by atoms with Crippen molar-refractivity contribution in [1.29, 1.82) is 0 Å². The molecule has 1 N–H and O–H groups in total. The number of halogens is 1. The van der Waals surface area contributed by atoms with Gasteiger partial charge in [0.25, 0.3) is 0 Å². The number of H-pyrrole nitrogens is 1. The predicted octanol–water partition coefficient (Wildman–Crippen LogP) is 4.96. The fraction of sp³-hybridized carbons (Fsp3) is 0.200. The molecule has 2 aromatic carbocycles. The molecule has 5 heteroatoms. The highest BCUT2D eigenvalue weighted by Gasteiger charge is 2.18. The van der Waals surface area contributed by atoms with Crippen molar-refractivity contribution in [1.82, 2.24) is 4.98 Å². The largest absolute Gasteiger partial charge is 0.360 e. The summed E-state index contributed by atoms with van der Waals surface area (Å²) in [4.78, 5) is 3.28. The summed E-state index contributed by atoms with van der Waals surface area (Å²) in [6.07, 6.45) is 2.82. The van der Waals surface area contributed by atoms with E-state index in [0.29, 0.717) is 11.3 Å². The molecule has 0 aliphatic heterocycles. The Morgan fingerprint density at radius 1 is 0.840 bits per heavy atom. The van der Waals surface area contributed by atoms with E-state index in [1.54, 1.807) is 24.4 Å². The number of alkyl halides is 1. The van der Waals surface area contributed by atoms with Crippen molar-refractivity contribution >= 4 is 9.84 Å². The van der Waals surface area contributed by atoms with Gasteiger partial charge < -0.3 is 4.98 Å². The lowest BCUT2D eigenvalue weighted by Gasteiger charge is -2.15. The normalized spacial score (nSPS) is 12.3. The number of hydrogen-bond donors (Lipinski definition) is 1. The molecular formula is C20H20FNO2S. The van der Waals surface area contributed by atoms with Crippen LogP contribution in [-0.2, 0) is 15.5 Å². The highest BCUT2D eigenvalue weighted by atomic mass is 32.2. The van der Waals surface area contributed by atoms with Gasteiger partial charge in [0.2, 0.25) is 0 Å². The average Bonchev–Trinajstić information content (AvgIpc) is 3.04. The number of aromatic amines is 1. The molecule has 3 aromatic rings. The smallest absolute Gasteiger partial charge is 0.177 e. The van der Waals surface area contributed by atoms with Gasteiger partial charge in [-0.1, -0.05) is 48.5 Å². The third-order valence-electron chi connectivity index (χ3n) is 4.19. The molecule has 0 aliphatic carbocycles. The zero-order valence-corrected chi connectivity index (χ0v) is 15.2. The van der Waals surface area contributed by atoms with Crippen molar-refractivity contribution in [2.45, 2.75) is 24.4 Å². The Hall–Kier alpha value is -2.40. The molecule has 0 atom stereocenters. The fourth-order valence-corrected chi connectivity index (χ4v) is 3.64. The second-order valence-corrected chi connectivity index (χ2v) is 8.60. The molecule has 0 fully saturated rings. The van der Waals surface area contributed by atoms with E-state index in [1.165, 1.54) is 20.1 Å². The first-order chi connectivity index (χ1) is 11.7. The maximum Gasteiger partial charge on any atom is 0.177 e. The van der Waals surface area contributed by atoms with Crippen LogP contribution in [-0.4, -0.2) is 19.7 Å². The van der Waals surface area contributed by atoms with Crippen molar-refractivity contribution in [3.63, 3.8) is 0 Å². The summed E-state index contributed by atoms with van der Waals surface area (Å²) < 4.78 is 37.6. The van der Waals surface area contributed by atoms with Crippen LogP contribution >= 0.6 is 0 Å². The van der Waals surface area contributed by atoms with E-state index in [4.69, 9.17) is 0 Å². The van der Waals surface area contributed by atoms with E-state index < -0.39 is 15.5 Å². The number of nitrogens with one attached hydrogen (secondary N) is 1. The third kappa shape index (κ3) is 3.66. The molecule has 0 spiro atoms. The second-order valence-electron chi connectivity index (χ2n) is 6.62. The highest BCUT2D eigenvalue weighted by molar-refractivity contribution is 7.90. The molecule has 1 heterocycles. The molecule has 0 saturated heterocycles. The van der Waals surface area contributed by atoms with Gasteiger partial charge >= 0.3 is 0 Å². The van der Waals surface area contributed by atoms with Crippen LogP contribution in [0.15, 0.2) is 65.7 Å². The quantitative estimate of drug-likeness (QED) is 0.718. The summed E-state index contributed by atoms with van der Waals surface area (Å²) in [7, 11) is -3.29. The average molecular weight is 357 g/mol. The fourth-order valence-electron chi connectivity index (χ4n) is 2.78. The lowest BCUT2D eigenvalue weighted by atomic mass is 9.96. The van der Waals surface area contributed by atoms with Crippen LogP contribution in [0.4, 0.5) is 4.39 Å². The van der Waals surface area contributed by atoms with Crippen LogP contribution in [0.25, 0.3) is 22.4 Å². The van der Waals surface area contributed by atoms with Gasteiger partial charge in [0.15, 0.2) is 9.84 Å². The monoisotopic (exact) mass is 357 g/mol. The first-order valence-corrected chi connectivity index (χ1v) is 9.83. The van der Waals surface area contributed by atoms with Crippen LogP contribution in [0.3, 0.4) is 0 Å². The second kappa shape index (κ2) is 6.15. The summed E-state index contributed by atoms with van der Waals surface area (Å²) in [5, 5.41) is 0. The molecule has 0 unspecified atom stereocenters. The molecule has 0 radical (unpaired) electrons. The Morgan fingerprint density at radius 2 is 1.32 bits per heavy atom. The SMILES string of the molecule is CC(C)(F)c1ccc(-c2ccc(-c3[nH]ccc3S(C)(=O)=O)cc2)cc1. The van der Waals surface area contributed by atoms with Crippen molar-refractivity contribution < 1.29 is 12.8 Å².